The van der Waals surface area contributed by atoms with Gasteiger partial charge in [-0.1, -0.05) is 24.3 Å². The van der Waals surface area contributed by atoms with E-state index in [4.69, 9.17) is 9.47 Å². The van der Waals surface area contributed by atoms with Crippen molar-refractivity contribution in [2.24, 2.45) is 5.10 Å². The summed E-state index contributed by atoms with van der Waals surface area (Å²) in [6.45, 7) is 4.02. The fraction of sp³-hybridized carbons (Fsp3) is 0.167. The molecule has 8 heteroatoms. The minimum absolute atomic E-state index is 0.165. The highest BCUT2D eigenvalue weighted by molar-refractivity contribution is 5.93. The molecule has 1 heterocycles. The molecule has 0 aliphatic carbocycles. The maximum absolute atomic E-state index is 12.3. The van der Waals surface area contributed by atoms with Gasteiger partial charge >= 0.3 is 0 Å². The van der Waals surface area contributed by atoms with Crippen LogP contribution in [-0.4, -0.2) is 36.2 Å². The van der Waals surface area contributed by atoms with Gasteiger partial charge in [0.2, 0.25) is 0 Å². The quantitative estimate of drug-likeness (QED) is 0.398. The van der Waals surface area contributed by atoms with Crippen molar-refractivity contribution < 1.29 is 19.1 Å². The predicted molar refractivity (Wildman–Crippen MR) is 122 cm³/mol. The van der Waals surface area contributed by atoms with Crippen LogP contribution in [0.15, 0.2) is 72.0 Å². The highest BCUT2D eigenvalue weighted by atomic mass is 16.5. The Kier molecular flexibility index (Phi) is 7.91. The number of hydrogen-bond acceptors (Lipinski definition) is 6. The molecule has 32 heavy (non-hydrogen) atoms. The molecule has 3 rings (SSSR count). The molecule has 164 valence electrons. The number of amides is 2. The summed E-state index contributed by atoms with van der Waals surface area (Å²) in [5.41, 5.74) is 5.09. The van der Waals surface area contributed by atoms with Crippen LogP contribution in [0.3, 0.4) is 0 Å². The SMILES string of the molecule is CCOc1cc(/C=N\NC(=O)c2ccccn2)ccc1OCC(=O)Nc1ccccc1C. The van der Waals surface area contributed by atoms with Crippen molar-refractivity contribution in [1.82, 2.24) is 10.4 Å². The Morgan fingerprint density at radius 3 is 2.59 bits per heavy atom. The monoisotopic (exact) mass is 432 g/mol. The lowest BCUT2D eigenvalue weighted by molar-refractivity contribution is -0.118. The Hall–Kier alpha value is -4.20. The van der Waals surface area contributed by atoms with Crippen molar-refractivity contribution >= 4 is 23.7 Å². The van der Waals surface area contributed by atoms with Crippen molar-refractivity contribution in [3.63, 3.8) is 0 Å². The lowest BCUT2D eigenvalue weighted by atomic mass is 10.2. The number of nitrogens with zero attached hydrogens (tertiary/aromatic N) is 2. The molecule has 0 bridgehead atoms. The maximum atomic E-state index is 12.3. The molecular weight excluding hydrogens is 408 g/mol. The van der Waals surface area contributed by atoms with Crippen LogP contribution in [0.2, 0.25) is 0 Å². The van der Waals surface area contributed by atoms with Gasteiger partial charge in [0, 0.05) is 11.9 Å². The number of anilines is 1. The Labute approximate surface area is 186 Å². The average Bonchev–Trinajstić information content (AvgIpc) is 2.81. The van der Waals surface area contributed by atoms with E-state index in [1.54, 1.807) is 36.4 Å². The van der Waals surface area contributed by atoms with Gasteiger partial charge in [-0.15, -0.1) is 0 Å². The van der Waals surface area contributed by atoms with E-state index in [0.29, 0.717) is 23.7 Å². The zero-order valence-corrected chi connectivity index (χ0v) is 17.9. The average molecular weight is 432 g/mol. The van der Waals surface area contributed by atoms with E-state index >= 15 is 0 Å². The normalized spacial score (nSPS) is 10.6. The number of carbonyl (C=O) groups is 2. The van der Waals surface area contributed by atoms with Gasteiger partial charge in [-0.2, -0.15) is 5.10 Å². The summed E-state index contributed by atoms with van der Waals surface area (Å²) in [5.74, 6) is 0.216. The Bertz CT molecular complexity index is 1100. The van der Waals surface area contributed by atoms with Gasteiger partial charge in [-0.3, -0.25) is 14.6 Å². The topological polar surface area (TPSA) is 102 Å². The van der Waals surface area contributed by atoms with Gasteiger partial charge in [0.05, 0.1) is 12.8 Å². The van der Waals surface area contributed by atoms with Crippen molar-refractivity contribution in [2.75, 3.05) is 18.5 Å². The molecule has 0 radical (unpaired) electrons. The number of nitrogens with one attached hydrogen (secondary N) is 2. The van der Waals surface area contributed by atoms with Crippen LogP contribution in [0.25, 0.3) is 0 Å². The van der Waals surface area contributed by atoms with Crippen LogP contribution < -0.4 is 20.2 Å². The summed E-state index contributed by atoms with van der Waals surface area (Å²) < 4.78 is 11.3. The first-order valence-corrected chi connectivity index (χ1v) is 10.1. The van der Waals surface area contributed by atoms with Gasteiger partial charge in [0.1, 0.15) is 5.69 Å². The van der Waals surface area contributed by atoms with E-state index in [0.717, 1.165) is 11.3 Å². The van der Waals surface area contributed by atoms with E-state index in [1.807, 2.05) is 38.1 Å². The number of aryl methyl sites for hydroxylation is 1. The number of hydrogen-bond donors (Lipinski definition) is 2. The second-order valence-corrected chi connectivity index (χ2v) is 6.71. The lowest BCUT2D eigenvalue weighted by Crippen LogP contribution is -2.21. The zero-order valence-electron chi connectivity index (χ0n) is 17.9. The van der Waals surface area contributed by atoms with Crippen LogP contribution in [0.1, 0.15) is 28.5 Å². The van der Waals surface area contributed by atoms with Crippen LogP contribution in [0.4, 0.5) is 5.69 Å². The van der Waals surface area contributed by atoms with E-state index < -0.39 is 5.91 Å². The molecule has 0 atom stereocenters. The maximum Gasteiger partial charge on any atom is 0.289 e. The fourth-order valence-electron chi connectivity index (χ4n) is 2.76. The first-order valence-electron chi connectivity index (χ1n) is 10.1. The van der Waals surface area contributed by atoms with Crippen LogP contribution in [0, 0.1) is 6.92 Å². The first kappa shape index (κ1) is 22.5. The van der Waals surface area contributed by atoms with E-state index in [2.05, 4.69) is 20.8 Å². The van der Waals surface area contributed by atoms with E-state index in [-0.39, 0.29) is 18.2 Å². The summed E-state index contributed by atoms with van der Waals surface area (Å²) in [6.07, 6.45) is 3.02. The van der Waals surface area contributed by atoms with Gasteiger partial charge in [0.25, 0.3) is 11.8 Å². The summed E-state index contributed by atoms with van der Waals surface area (Å²) in [5, 5.41) is 6.78. The third-order valence-electron chi connectivity index (χ3n) is 4.32. The minimum Gasteiger partial charge on any atom is -0.490 e. The highest BCUT2D eigenvalue weighted by Gasteiger charge is 2.10. The molecule has 1 aromatic heterocycles. The summed E-state index contributed by atoms with van der Waals surface area (Å²) in [7, 11) is 0. The van der Waals surface area contributed by atoms with Crippen molar-refractivity contribution in [3.8, 4) is 11.5 Å². The molecule has 3 aromatic rings. The summed E-state index contributed by atoms with van der Waals surface area (Å²) in [6, 6.07) is 17.7. The van der Waals surface area contributed by atoms with Gasteiger partial charge < -0.3 is 14.8 Å². The lowest BCUT2D eigenvalue weighted by Gasteiger charge is -2.13. The van der Waals surface area contributed by atoms with Crippen molar-refractivity contribution in [3.05, 3.63) is 83.7 Å². The van der Waals surface area contributed by atoms with Crippen LogP contribution in [-0.2, 0) is 4.79 Å². The molecule has 8 nitrogen and oxygen atoms in total. The third-order valence-corrected chi connectivity index (χ3v) is 4.32. The molecule has 2 N–H and O–H groups in total. The number of ether oxygens (including phenoxy) is 2. The Morgan fingerprint density at radius 2 is 1.84 bits per heavy atom. The number of pyridine rings is 1. The van der Waals surface area contributed by atoms with E-state index in [9.17, 15) is 9.59 Å². The van der Waals surface area contributed by atoms with Crippen molar-refractivity contribution in [1.29, 1.82) is 0 Å². The first-order chi connectivity index (χ1) is 15.6. The van der Waals surface area contributed by atoms with Crippen LogP contribution in [0.5, 0.6) is 11.5 Å². The number of carbonyl (C=O) groups excluding carboxylic acids is 2. The molecule has 0 aliphatic rings. The predicted octanol–water partition coefficient (Wildman–Crippen LogP) is 3.57. The van der Waals surface area contributed by atoms with E-state index in [1.165, 1.54) is 12.4 Å². The second-order valence-electron chi connectivity index (χ2n) is 6.71. The molecule has 2 amide bonds. The molecule has 0 fully saturated rings. The number of aromatic nitrogens is 1. The summed E-state index contributed by atoms with van der Waals surface area (Å²) >= 11 is 0. The Balaban J connectivity index is 1.60. The molecular formula is C24H24N4O4. The molecule has 2 aromatic carbocycles. The number of rotatable bonds is 9. The Morgan fingerprint density at radius 1 is 1.03 bits per heavy atom. The smallest absolute Gasteiger partial charge is 0.289 e. The summed E-state index contributed by atoms with van der Waals surface area (Å²) in [4.78, 5) is 28.2. The van der Waals surface area contributed by atoms with Gasteiger partial charge in [-0.25, -0.2) is 5.43 Å². The minimum atomic E-state index is -0.411. The number of para-hydroxylation sites is 1. The number of hydrazone groups is 1. The molecule has 0 unspecified atom stereocenters. The standard InChI is InChI=1S/C24H24N4O4/c1-3-31-22-14-18(15-26-28-24(30)20-10-6-7-13-25-20)11-12-21(22)32-16-23(29)27-19-9-5-4-8-17(19)2/h4-15H,3,16H2,1-2H3,(H,27,29)(H,28,30)/b26-15-. The number of benzene rings is 2. The van der Waals surface area contributed by atoms with Crippen LogP contribution >= 0.6 is 0 Å². The highest BCUT2D eigenvalue weighted by Crippen LogP contribution is 2.28. The largest absolute Gasteiger partial charge is 0.490 e. The third kappa shape index (κ3) is 6.40. The molecule has 0 aliphatic heterocycles. The molecule has 0 saturated carbocycles. The molecule has 0 spiro atoms. The van der Waals surface area contributed by atoms with Crippen molar-refractivity contribution in [2.45, 2.75) is 13.8 Å². The zero-order chi connectivity index (χ0) is 22.8. The molecule has 0 saturated heterocycles. The fourth-order valence-corrected chi connectivity index (χ4v) is 2.76. The second kappa shape index (κ2) is 11.3. The van der Waals surface area contributed by atoms with Gasteiger partial charge in [0.15, 0.2) is 18.1 Å². The van der Waals surface area contributed by atoms with Gasteiger partial charge in [-0.05, 0) is 61.4 Å².